The molecule has 1 aliphatic rings. The van der Waals surface area contributed by atoms with Gasteiger partial charge in [0.15, 0.2) is 5.65 Å². The van der Waals surface area contributed by atoms with Gasteiger partial charge in [0.2, 0.25) is 0 Å². The molecule has 190 valence electrons. The lowest BCUT2D eigenvalue weighted by molar-refractivity contribution is 1.18. The molecule has 0 fully saturated rings. The molecule has 4 aromatic carbocycles. The van der Waals surface area contributed by atoms with Gasteiger partial charge >= 0.3 is 0 Å². The highest BCUT2D eigenvalue weighted by molar-refractivity contribution is 6.19. The number of pyridine rings is 3. The molecule has 5 nitrogen and oxygen atoms in total. The van der Waals surface area contributed by atoms with Crippen molar-refractivity contribution in [2.24, 2.45) is 0 Å². The van der Waals surface area contributed by atoms with Crippen molar-refractivity contribution in [3.63, 3.8) is 0 Å². The zero-order valence-electron chi connectivity index (χ0n) is 21.9. The number of nitrogens with zero attached hydrogens (tertiary/aromatic N) is 5. The minimum absolute atomic E-state index is 0.847. The van der Waals surface area contributed by atoms with Crippen LogP contribution in [0.15, 0.2) is 116 Å². The summed E-state index contributed by atoms with van der Waals surface area (Å²) in [7, 11) is 0. The minimum atomic E-state index is 0.847. The van der Waals surface area contributed by atoms with Crippen LogP contribution in [-0.2, 0) is 6.42 Å². The quantitative estimate of drug-likeness (QED) is 0.204. The molecule has 1 aliphatic carbocycles. The Kier molecular flexibility index (Phi) is 3.92. The van der Waals surface area contributed by atoms with E-state index >= 15 is 0 Å². The van der Waals surface area contributed by atoms with E-state index in [4.69, 9.17) is 9.97 Å². The van der Waals surface area contributed by atoms with Gasteiger partial charge in [-0.05, 0) is 70.1 Å². The summed E-state index contributed by atoms with van der Waals surface area (Å²) in [6.45, 7) is 0. The average molecular weight is 524 g/mol. The lowest BCUT2D eigenvalue weighted by atomic mass is 9.98. The molecule has 0 bridgehead atoms. The summed E-state index contributed by atoms with van der Waals surface area (Å²) >= 11 is 0. The van der Waals surface area contributed by atoms with Crippen LogP contribution in [0.4, 0.5) is 0 Å². The van der Waals surface area contributed by atoms with E-state index in [2.05, 4.69) is 98.9 Å². The maximum absolute atomic E-state index is 5.17. The maximum Gasteiger partial charge on any atom is 0.164 e. The second-order valence-corrected chi connectivity index (χ2v) is 10.9. The Bertz CT molecular complexity index is 2550. The number of rotatable bonds is 1. The molecule has 5 heterocycles. The monoisotopic (exact) mass is 523 g/mol. The van der Waals surface area contributed by atoms with Crippen LogP contribution >= 0.6 is 0 Å². The van der Waals surface area contributed by atoms with Crippen LogP contribution in [0.1, 0.15) is 11.1 Å². The fourth-order valence-corrected chi connectivity index (χ4v) is 7.26. The van der Waals surface area contributed by atoms with Gasteiger partial charge in [0.25, 0.3) is 0 Å². The molecule has 0 saturated carbocycles. The first-order valence-corrected chi connectivity index (χ1v) is 13.9. The average Bonchev–Trinajstić information content (AvgIpc) is 3.71. The van der Waals surface area contributed by atoms with Crippen LogP contribution in [0.5, 0.6) is 0 Å². The second-order valence-electron chi connectivity index (χ2n) is 10.9. The molecule has 9 aromatic rings. The molecule has 0 amide bonds. The van der Waals surface area contributed by atoms with Gasteiger partial charge in [0, 0.05) is 52.2 Å². The molecule has 0 atom stereocenters. The van der Waals surface area contributed by atoms with Crippen molar-refractivity contribution in [3.05, 3.63) is 127 Å². The predicted molar refractivity (Wildman–Crippen MR) is 166 cm³/mol. The first-order valence-electron chi connectivity index (χ1n) is 13.9. The van der Waals surface area contributed by atoms with Crippen LogP contribution < -0.4 is 0 Å². The molecule has 5 heteroatoms. The number of hydrogen-bond acceptors (Lipinski definition) is 3. The molecular weight excluding hydrogens is 502 g/mol. The molecule has 41 heavy (non-hydrogen) atoms. The van der Waals surface area contributed by atoms with Crippen LogP contribution in [0.2, 0.25) is 0 Å². The van der Waals surface area contributed by atoms with Crippen molar-refractivity contribution in [3.8, 4) is 16.8 Å². The Hall–Kier alpha value is -5.55. The Labute approximate surface area is 234 Å². The van der Waals surface area contributed by atoms with Crippen LogP contribution in [0.25, 0.3) is 77.1 Å². The topological polar surface area (TPSA) is 48.0 Å². The molecule has 0 saturated heterocycles. The number of fused-ring (bicyclic) bond motifs is 16. The fourth-order valence-electron chi connectivity index (χ4n) is 7.26. The molecule has 0 unspecified atom stereocenters. The summed E-state index contributed by atoms with van der Waals surface area (Å²) in [5.74, 6) is 0. The van der Waals surface area contributed by atoms with E-state index in [1.165, 1.54) is 60.5 Å². The van der Waals surface area contributed by atoms with Crippen molar-refractivity contribution in [1.82, 2.24) is 23.9 Å². The Balaban J connectivity index is 1.34. The molecule has 5 aromatic heterocycles. The first-order chi connectivity index (χ1) is 20.4. The van der Waals surface area contributed by atoms with E-state index in [-0.39, 0.29) is 0 Å². The van der Waals surface area contributed by atoms with E-state index in [1.54, 1.807) is 0 Å². The third kappa shape index (κ3) is 2.63. The summed E-state index contributed by atoms with van der Waals surface area (Å²) in [4.78, 5) is 14.4. The number of imidazole rings is 1. The maximum atomic E-state index is 5.17. The summed E-state index contributed by atoms with van der Waals surface area (Å²) in [5, 5.41) is 6.11. The largest absolute Gasteiger partial charge is 0.309 e. The predicted octanol–water partition coefficient (Wildman–Crippen LogP) is 8.25. The lowest BCUT2D eigenvalue weighted by Gasteiger charge is -2.12. The number of benzene rings is 4. The SMILES string of the molecule is c1ccc(-n2c3ccccc3c3c4c(ccc32)-c2ccc3c5cnccc5n5c6ncccc6nc5c3c2C4)cc1. The van der Waals surface area contributed by atoms with Gasteiger partial charge in [0.05, 0.1) is 16.6 Å². The summed E-state index contributed by atoms with van der Waals surface area (Å²) in [6, 6.07) is 34.7. The zero-order valence-corrected chi connectivity index (χ0v) is 21.9. The van der Waals surface area contributed by atoms with Crippen molar-refractivity contribution in [2.45, 2.75) is 6.42 Å². The van der Waals surface area contributed by atoms with Gasteiger partial charge in [-0.15, -0.1) is 0 Å². The molecule has 0 radical (unpaired) electrons. The third-order valence-corrected chi connectivity index (χ3v) is 8.89. The van der Waals surface area contributed by atoms with Gasteiger partial charge in [-0.3, -0.25) is 9.38 Å². The standard InChI is InChI=1S/C36H21N5/c1-2-7-21(8-3-1)40-30-11-5-4-9-25(30)33-26-19-27-22(23(26)14-15-32(33)40)12-13-24-28-20-37-18-16-31(28)41-35-29(10-6-17-38-35)39-36(41)34(24)27/h1-18,20H,19H2. The third-order valence-electron chi connectivity index (χ3n) is 8.89. The van der Waals surface area contributed by atoms with Gasteiger partial charge in [0.1, 0.15) is 11.2 Å². The van der Waals surface area contributed by atoms with Gasteiger partial charge in [-0.25, -0.2) is 9.97 Å². The smallest absolute Gasteiger partial charge is 0.164 e. The normalized spacial score (nSPS) is 12.8. The lowest BCUT2D eigenvalue weighted by Crippen LogP contribution is -1.96. The van der Waals surface area contributed by atoms with Crippen molar-refractivity contribution < 1.29 is 0 Å². The van der Waals surface area contributed by atoms with Crippen molar-refractivity contribution >= 4 is 60.3 Å². The molecule has 10 rings (SSSR count). The molecule has 0 aliphatic heterocycles. The second kappa shape index (κ2) is 7.55. The summed E-state index contributed by atoms with van der Waals surface area (Å²) in [5.41, 5.74) is 12.8. The number of para-hydroxylation sites is 2. The van der Waals surface area contributed by atoms with Crippen molar-refractivity contribution in [2.75, 3.05) is 0 Å². The molecular formula is C36H21N5. The van der Waals surface area contributed by atoms with E-state index in [9.17, 15) is 0 Å². The Morgan fingerprint density at radius 3 is 2.32 bits per heavy atom. The number of aromatic nitrogens is 5. The van der Waals surface area contributed by atoms with E-state index in [1.807, 2.05) is 30.7 Å². The van der Waals surface area contributed by atoms with Crippen LogP contribution in [0.3, 0.4) is 0 Å². The highest BCUT2D eigenvalue weighted by Gasteiger charge is 2.28. The first kappa shape index (κ1) is 21.3. The van der Waals surface area contributed by atoms with Gasteiger partial charge in [-0.2, -0.15) is 0 Å². The molecule has 0 spiro atoms. The van der Waals surface area contributed by atoms with Crippen molar-refractivity contribution in [1.29, 1.82) is 0 Å². The minimum Gasteiger partial charge on any atom is -0.309 e. The highest BCUT2D eigenvalue weighted by Crippen LogP contribution is 2.48. The van der Waals surface area contributed by atoms with E-state index in [0.717, 1.165) is 34.1 Å². The van der Waals surface area contributed by atoms with Gasteiger partial charge < -0.3 is 4.57 Å². The van der Waals surface area contributed by atoms with Gasteiger partial charge in [-0.1, -0.05) is 54.6 Å². The van der Waals surface area contributed by atoms with Crippen LogP contribution in [-0.4, -0.2) is 23.9 Å². The highest BCUT2D eigenvalue weighted by atomic mass is 15.1. The Morgan fingerprint density at radius 1 is 0.561 bits per heavy atom. The number of hydrogen-bond donors (Lipinski definition) is 0. The fraction of sp³-hybridized carbons (Fsp3) is 0.0278. The Morgan fingerprint density at radius 2 is 1.39 bits per heavy atom. The summed E-state index contributed by atoms with van der Waals surface area (Å²) < 4.78 is 4.62. The van der Waals surface area contributed by atoms with E-state index in [0.29, 0.717) is 0 Å². The zero-order chi connectivity index (χ0) is 26.7. The van der Waals surface area contributed by atoms with Crippen LogP contribution in [0, 0.1) is 0 Å². The summed E-state index contributed by atoms with van der Waals surface area (Å²) in [6.07, 6.45) is 6.52. The van der Waals surface area contributed by atoms with E-state index < -0.39 is 0 Å². The molecule has 0 N–H and O–H groups in total.